The second-order valence-electron chi connectivity index (χ2n) is 5.58. The lowest BCUT2D eigenvalue weighted by Gasteiger charge is -2.14. The molecule has 0 aromatic carbocycles. The third-order valence-electron chi connectivity index (χ3n) is 3.59. The van der Waals surface area contributed by atoms with E-state index in [0.717, 1.165) is 35.3 Å². The number of nitrogens with one attached hydrogen (secondary N) is 1. The van der Waals surface area contributed by atoms with Crippen molar-refractivity contribution in [2.45, 2.75) is 60.3 Å². The maximum atomic E-state index is 6.41. The van der Waals surface area contributed by atoms with Gasteiger partial charge in [-0.2, -0.15) is 5.10 Å². The Morgan fingerprint density at radius 1 is 1.33 bits per heavy atom. The Labute approximate surface area is 131 Å². The summed E-state index contributed by atoms with van der Waals surface area (Å²) in [4.78, 5) is 4.43. The third kappa shape index (κ3) is 3.47. The number of imidazole rings is 1. The number of halogens is 1. The van der Waals surface area contributed by atoms with E-state index in [0.29, 0.717) is 12.6 Å². The molecule has 0 unspecified atom stereocenters. The van der Waals surface area contributed by atoms with Crippen molar-refractivity contribution in [3.05, 3.63) is 34.1 Å². The van der Waals surface area contributed by atoms with Gasteiger partial charge in [-0.05, 0) is 20.8 Å². The van der Waals surface area contributed by atoms with Crippen molar-refractivity contribution in [1.82, 2.24) is 24.6 Å². The molecule has 21 heavy (non-hydrogen) atoms. The lowest BCUT2D eigenvalue weighted by Crippen LogP contribution is -2.24. The maximum absolute atomic E-state index is 6.41. The molecule has 2 rings (SSSR count). The molecule has 0 saturated heterocycles. The maximum Gasteiger partial charge on any atom is 0.106 e. The van der Waals surface area contributed by atoms with Crippen LogP contribution in [0.3, 0.4) is 0 Å². The molecule has 1 N–H and O–H groups in total. The Morgan fingerprint density at radius 3 is 2.67 bits per heavy atom. The van der Waals surface area contributed by atoms with E-state index in [1.807, 2.05) is 24.7 Å². The number of hydrogen-bond acceptors (Lipinski definition) is 3. The largest absolute Gasteiger partial charge is 0.325 e. The van der Waals surface area contributed by atoms with Crippen molar-refractivity contribution in [3.8, 4) is 0 Å². The number of hydrogen-bond donors (Lipinski definition) is 1. The molecule has 0 aliphatic rings. The van der Waals surface area contributed by atoms with Crippen LogP contribution in [-0.2, 0) is 19.6 Å². The highest BCUT2D eigenvalue weighted by Gasteiger charge is 2.16. The molecular formula is C15H24ClN5. The Balaban J connectivity index is 2.29. The zero-order valence-corrected chi connectivity index (χ0v) is 14.2. The average Bonchev–Trinajstić information content (AvgIpc) is 2.92. The molecule has 2 aromatic rings. The minimum Gasteiger partial charge on any atom is -0.325 e. The lowest BCUT2D eigenvalue weighted by atomic mass is 10.3. The molecule has 0 spiro atoms. The molecule has 116 valence electrons. The first-order valence-electron chi connectivity index (χ1n) is 7.40. The first-order valence-corrected chi connectivity index (χ1v) is 7.78. The molecule has 0 atom stereocenters. The first-order chi connectivity index (χ1) is 9.93. The van der Waals surface area contributed by atoms with E-state index in [1.165, 1.54) is 5.69 Å². The topological polar surface area (TPSA) is 47.7 Å². The molecule has 2 heterocycles. The smallest absolute Gasteiger partial charge is 0.106 e. The Kier molecular flexibility index (Phi) is 5.06. The van der Waals surface area contributed by atoms with Crippen molar-refractivity contribution < 1.29 is 0 Å². The summed E-state index contributed by atoms with van der Waals surface area (Å²) in [7, 11) is 0. The van der Waals surface area contributed by atoms with Crippen LogP contribution < -0.4 is 5.32 Å². The highest BCUT2D eigenvalue weighted by molar-refractivity contribution is 6.31. The molecule has 0 amide bonds. The molecule has 0 saturated carbocycles. The summed E-state index contributed by atoms with van der Waals surface area (Å²) in [6.07, 6.45) is 1.93. The fourth-order valence-corrected chi connectivity index (χ4v) is 2.55. The SMILES string of the molecule is CCn1nc(C)c(Cl)c1Cn1c(CNC(C)C)cnc1C. The van der Waals surface area contributed by atoms with E-state index in [2.05, 4.69) is 40.7 Å². The predicted octanol–water partition coefficient (Wildman–Crippen LogP) is 2.92. The quantitative estimate of drug-likeness (QED) is 0.892. The fraction of sp³-hybridized carbons (Fsp3) is 0.600. The van der Waals surface area contributed by atoms with Crippen molar-refractivity contribution in [2.24, 2.45) is 0 Å². The second kappa shape index (κ2) is 6.62. The standard InChI is InChI=1S/C15H24ClN5/c1-6-21-14(15(16)11(4)19-21)9-20-12(5)18-8-13(20)7-17-10(2)3/h8,10,17H,6-7,9H2,1-5H3. The van der Waals surface area contributed by atoms with Crippen molar-refractivity contribution in [1.29, 1.82) is 0 Å². The second-order valence-corrected chi connectivity index (χ2v) is 5.96. The minimum atomic E-state index is 0.445. The average molecular weight is 310 g/mol. The number of aryl methyl sites for hydroxylation is 3. The number of aromatic nitrogens is 4. The van der Waals surface area contributed by atoms with Crippen molar-refractivity contribution >= 4 is 11.6 Å². The molecule has 0 fully saturated rings. The third-order valence-corrected chi connectivity index (χ3v) is 4.08. The van der Waals surface area contributed by atoms with Gasteiger partial charge in [-0.3, -0.25) is 4.68 Å². The van der Waals surface area contributed by atoms with Crippen molar-refractivity contribution in [3.63, 3.8) is 0 Å². The Hall–Kier alpha value is -1.33. The predicted molar refractivity (Wildman–Crippen MR) is 85.7 cm³/mol. The zero-order chi connectivity index (χ0) is 15.6. The van der Waals surface area contributed by atoms with Gasteiger partial charge in [0.25, 0.3) is 0 Å². The number of nitrogens with zero attached hydrogens (tertiary/aromatic N) is 4. The summed E-state index contributed by atoms with van der Waals surface area (Å²) in [5.74, 6) is 0.994. The van der Waals surface area contributed by atoms with Gasteiger partial charge in [-0.1, -0.05) is 25.4 Å². The van der Waals surface area contributed by atoms with Crippen LogP contribution in [0.2, 0.25) is 5.02 Å². The van der Waals surface area contributed by atoms with Crippen LogP contribution in [0.4, 0.5) is 0 Å². The van der Waals surface area contributed by atoms with E-state index < -0.39 is 0 Å². The van der Waals surface area contributed by atoms with Gasteiger partial charge in [0.2, 0.25) is 0 Å². The highest BCUT2D eigenvalue weighted by Crippen LogP contribution is 2.22. The first kappa shape index (κ1) is 16.0. The van der Waals surface area contributed by atoms with Gasteiger partial charge >= 0.3 is 0 Å². The summed E-state index contributed by atoms with van der Waals surface area (Å²) < 4.78 is 4.17. The zero-order valence-electron chi connectivity index (χ0n) is 13.4. The van der Waals surface area contributed by atoms with Crippen LogP contribution in [0.15, 0.2) is 6.20 Å². The normalized spacial score (nSPS) is 11.6. The molecule has 2 aromatic heterocycles. The Bertz CT molecular complexity index is 612. The van der Waals surface area contributed by atoms with Crippen LogP contribution in [0.5, 0.6) is 0 Å². The van der Waals surface area contributed by atoms with Gasteiger partial charge in [0, 0.05) is 25.3 Å². The van der Waals surface area contributed by atoms with Crippen LogP contribution >= 0.6 is 11.6 Å². The Morgan fingerprint density at radius 2 is 2.05 bits per heavy atom. The van der Waals surface area contributed by atoms with E-state index in [9.17, 15) is 0 Å². The molecular weight excluding hydrogens is 286 g/mol. The highest BCUT2D eigenvalue weighted by atomic mass is 35.5. The van der Waals surface area contributed by atoms with Gasteiger partial charge in [0.05, 0.1) is 28.6 Å². The summed E-state index contributed by atoms with van der Waals surface area (Å²) >= 11 is 6.41. The van der Waals surface area contributed by atoms with Gasteiger partial charge in [-0.15, -0.1) is 0 Å². The molecule has 6 heteroatoms. The van der Waals surface area contributed by atoms with E-state index in [-0.39, 0.29) is 0 Å². The summed E-state index contributed by atoms with van der Waals surface area (Å²) in [6, 6.07) is 0.445. The van der Waals surface area contributed by atoms with Crippen molar-refractivity contribution in [2.75, 3.05) is 0 Å². The molecule has 0 bridgehead atoms. The summed E-state index contributed by atoms with van der Waals surface area (Å²) in [5, 5.41) is 8.67. The van der Waals surface area contributed by atoms with E-state index in [1.54, 1.807) is 0 Å². The molecule has 0 aliphatic heterocycles. The van der Waals surface area contributed by atoms with E-state index in [4.69, 9.17) is 11.6 Å². The van der Waals surface area contributed by atoms with Crippen LogP contribution in [-0.4, -0.2) is 25.4 Å². The van der Waals surface area contributed by atoms with Gasteiger partial charge in [0.1, 0.15) is 5.82 Å². The summed E-state index contributed by atoms with van der Waals surface area (Å²) in [5.41, 5.74) is 3.09. The lowest BCUT2D eigenvalue weighted by molar-refractivity contribution is 0.547. The summed E-state index contributed by atoms with van der Waals surface area (Å²) in [6.45, 7) is 12.6. The van der Waals surface area contributed by atoms with Crippen LogP contribution in [0.25, 0.3) is 0 Å². The van der Waals surface area contributed by atoms with Gasteiger partial charge in [0.15, 0.2) is 0 Å². The van der Waals surface area contributed by atoms with Crippen LogP contribution in [0.1, 0.15) is 43.7 Å². The number of rotatable bonds is 6. The minimum absolute atomic E-state index is 0.445. The fourth-order valence-electron chi connectivity index (χ4n) is 2.35. The van der Waals surface area contributed by atoms with Gasteiger partial charge < -0.3 is 9.88 Å². The van der Waals surface area contributed by atoms with Crippen LogP contribution in [0, 0.1) is 13.8 Å². The molecule has 0 aliphatic carbocycles. The van der Waals surface area contributed by atoms with E-state index >= 15 is 0 Å². The molecule has 5 nitrogen and oxygen atoms in total. The monoisotopic (exact) mass is 309 g/mol. The molecule has 0 radical (unpaired) electrons. The van der Waals surface area contributed by atoms with Gasteiger partial charge in [-0.25, -0.2) is 4.98 Å².